The number of amides is 1. The van der Waals surface area contributed by atoms with E-state index in [4.69, 9.17) is 4.74 Å². The van der Waals surface area contributed by atoms with Crippen LogP contribution in [0, 0.1) is 5.82 Å². The van der Waals surface area contributed by atoms with Gasteiger partial charge in [0.2, 0.25) is 6.41 Å². The monoisotopic (exact) mass is 326 g/mol. The smallest absolute Gasteiger partial charge is 0.207 e. The minimum atomic E-state index is -0.630. The highest BCUT2D eigenvalue weighted by molar-refractivity contribution is 5.83. The molecule has 1 aromatic heterocycles. The van der Waals surface area contributed by atoms with Crippen molar-refractivity contribution in [2.75, 3.05) is 26.3 Å². The predicted octanol–water partition coefficient (Wildman–Crippen LogP) is 1.79. The van der Waals surface area contributed by atoms with E-state index in [-0.39, 0.29) is 8.67 Å². The highest BCUT2D eigenvalue weighted by Crippen LogP contribution is 2.28. The standard InChI is InChI=1S/C12H14FN3O.C4H9NO.2H2/c1-12(2,14-7-17)11-8-5-4-6-9(13)10(8)16(3)15-11;1-3-6-4-2-5-1;;/h4-7H,1-3H3,(H,14,17);5H,1-4H2;2*1H. The van der Waals surface area contributed by atoms with Gasteiger partial charge in [0.25, 0.3) is 0 Å². The molecule has 6 nitrogen and oxygen atoms in total. The Balaban J connectivity index is 0.000000616. The van der Waals surface area contributed by atoms with E-state index in [0.717, 1.165) is 26.3 Å². The summed E-state index contributed by atoms with van der Waals surface area (Å²) in [6.07, 6.45) is 0.625. The van der Waals surface area contributed by atoms with Crippen molar-refractivity contribution in [3.05, 3.63) is 29.7 Å². The van der Waals surface area contributed by atoms with Crippen LogP contribution in [0.3, 0.4) is 0 Å². The lowest BCUT2D eigenvalue weighted by Gasteiger charge is -2.21. The van der Waals surface area contributed by atoms with Crippen LogP contribution in [0.1, 0.15) is 22.4 Å². The van der Waals surface area contributed by atoms with E-state index in [2.05, 4.69) is 15.7 Å². The second-order valence-corrected chi connectivity index (χ2v) is 5.86. The maximum atomic E-state index is 13.7. The number of carbonyl (C=O) groups is 1. The summed E-state index contributed by atoms with van der Waals surface area (Å²) in [5.74, 6) is -0.314. The second kappa shape index (κ2) is 7.52. The summed E-state index contributed by atoms with van der Waals surface area (Å²) in [5.41, 5.74) is 0.472. The number of para-hydroxylation sites is 1. The number of rotatable bonds is 3. The normalized spacial score (nSPS) is 15.0. The van der Waals surface area contributed by atoms with Gasteiger partial charge in [-0.2, -0.15) is 5.10 Å². The molecule has 1 aliphatic heterocycles. The van der Waals surface area contributed by atoms with Gasteiger partial charge in [-0.15, -0.1) is 0 Å². The molecular formula is C16H27FN4O2. The molecule has 1 saturated heterocycles. The van der Waals surface area contributed by atoms with Crippen LogP contribution in [0.15, 0.2) is 18.2 Å². The Morgan fingerprint density at radius 2 is 2.13 bits per heavy atom. The number of aromatic nitrogens is 2. The molecule has 0 bridgehead atoms. The molecule has 0 unspecified atom stereocenters. The molecule has 0 saturated carbocycles. The van der Waals surface area contributed by atoms with Crippen molar-refractivity contribution in [2.45, 2.75) is 19.4 Å². The number of nitrogens with one attached hydrogen (secondary N) is 2. The summed E-state index contributed by atoms with van der Waals surface area (Å²) >= 11 is 0. The van der Waals surface area contributed by atoms with Crippen LogP contribution >= 0.6 is 0 Å². The van der Waals surface area contributed by atoms with Gasteiger partial charge in [0, 0.05) is 28.4 Å². The van der Waals surface area contributed by atoms with Crippen molar-refractivity contribution in [1.82, 2.24) is 20.4 Å². The first-order valence-corrected chi connectivity index (χ1v) is 7.59. The van der Waals surface area contributed by atoms with Crippen molar-refractivity contribution >= 4 is 17.3 Å². The number of carbonyl (C=O) groups excluding carboxylic acids is 1. The van der Waals surface area contributed by atoms with Crippen LogP contribution in [0.25, 0.3) is 10.9 Å². The van der Waals surface area contributed by atoms with Gasteiger partial charge in [-0.1, -0.05) is 12.1 Å². The Labute approximate surface area is 138 Å². The molecule has 0 spiro atoms. The van der Waals surface area contributed by atoms with Crippen molar-refractivity contribution in [2.24, 2.45) is 7.05 Å². The summed E-state index contributed by atoms with van der Waals surface area (Å²) in [6.45, 7) is 7.49. The highest BCUT2D eigenvalue weighted by Gasteiger charge is 2.26. The Kier molecular flexibility index (Phi) is 5.68. The Bertz CT molecular complexity index is 664. The van der Waals surface area contributed by atoms with E-state index in [1.54, 1.807) is 19.2 Å². The fourth-order valence-corrected chi connectivity index (χ4v) is 2.48. The van der Waals surface area contributed by atoms with Crippen molar-refractivity contribution < 1.29 is 16.8 Å². The first-order chi connectivity index (χ1) is 11.0. The number of nitrogens with zero attached hydrogens (tertiary/aromatic N) is 2. The zero-order valence-corrected chi connectivity index (χ0v) is 13.7. The number of ether oxygens (including phenoxy) is 1. The number of morpholine rings is 1. The fourth-order valence-electron chi connectivity index (χ4n) is 2.48. The molecule has 2 N–H and O–H groups in total. The van der Waals surface area contributed by atoms with Gasteiger partial charge in [0.15, 0.2) is 0 Å². The summed E-state index contributed by atoms with van der Waals surface area (Å²) in [6, 6.07) is 4.84. The van der Waals surface area contributed by atoms with Crippen molar-refractivity contribution in [3.63, 3.8) is 0 Å². The Hall–Kier alpha value is -1.99. The zero-order valence-electron chi connectivity index (χ0n) is 13.7. The van der Waals surface area contributed by atoms with E-state index in [1.165, 1.54) is 10.7 Å². The SMILES string of the molecule is C1COCCN1.Cn1nc(C(C)(C)NC=O)c2cccc(F)c21.[HH].[HH]. The van der Waals surface area contributed by atoms with E-state index < -0.39 is 5.54 Å². The third kappa shape index (κ3) is 4.05. The van der Waals surface area contributed by atoms with Crippen molar-refractivity contribution in [1.29, 1.82) is 0 Å². The van der Waals surface area contributed by atoms with Gasteiger partial charge in [-0.3, -0.25) is 9.48 Å². The Morgan fingerprint density at radius 3 is 2.65 bits per heavy atom. The lowest BCUT2D eigenvalue weighted by atomic mass is 9.97. The molecule has 0 radical (unpaired) electrons. The molecule has 3 rings (SSSR count). The maximum absolute atomic E-state index is 13.7. The summed E-state index contributed by atoms with van der Waals surface area (Å²) < 4.78 is 20.2. The topological polar surface area (TPSA) is 68.2 Å². The van der Waals surface area contributed by atoms with Crippen LogP contribution in [-0.4, -0.2) is 42.5 Å². The van der Waals surface area contributed by atoms with Crippen molar-refractivity contribution in [3.8, 4) is 0 Å². The number of aryl methyl sites for hydroxylation is 1. The van der Waals surface area contributed by atoms with Crippen LogP contribution in [0.2, 0.25) is 0 Å². The number of benzene rings is 1. The zero-order chi connectivity index (χ0) is 16.9. The third-order valence-corrected chi connectivity index (χ3v) is 3.67. The van der Waals surface area contributed by atoms with Gasteiger partial charge in [0.1, 0.15) is 11.3 Å². The highest BCUT2D eigenvalue weighted by atomic mass is 19.1. The number of halogens is 1. The number of hydrogen-bond acceptors (Lipinski definition) is 4. The molecule has 0 atom stereocenters. The molecule has 1 aromatic carbocycles. The van der Waals surface area contributed by atoms with E-state index >= 15 is 0 Å². The second-order valence-electron chi connectivity index (χ2n) is 5.86. The molecular weight excluding hydrogens is 299 g/mol. The van der Waals surface area contributed by atoms with Crippen LogP contribution in [0.4, 0.5) is 4.39 Å². The molecule has 130 valence electrons. The third-order valence-electron chi connectivity index (χ3n) is 3.67. The number of fused-ring (bicyclic) bond motifs is 1. The summed E-state index contributed by atoms with van der Waals surface area (Å²) in [4.78, 5) is 10.6. The lowest BCUT2D eigenvalue weighted by Crippen LogP contribution is -2.36. The molecule has 23 heavy (non-hydrogen) atoms. The van der Waals surface area contributed by atoms with E-state index in [1.807, 2.05) is 13.8 Å². The Morgan fingerprint density at radius 1 is 1.43 bits per heavy atom. The van der Waals surface area contributed by atoms with Gasteiger partial charge in [-0.25, -0.2) is 4.39 Å². The molecule has 1 fully saturated rings. The lowest BCUT2D eigenvalue weighted by molar-refractivity contribution is -0.111. The first-order valence-electron chi connectivity index (χ1n) is 7.59. The molecule has 2 heterocycles. The van der Waals surface area contributed by atoms with Gasteiger partial charge >= 0.3 is 0 Å². The first kappa shape index (κ1) is 17.4. The molecule has 2 aromatic rings. The summed E-state index contributed by atoms with van der Waals surface area (Å²) in [7, 11) is 1.69. The molecule has 1 amide bonds. The quantitative estimate of drug-likeness (QED) is 0.844. The molecule has 1 aliphatic rings. The largest absolute Gasteiger partial charge is 0.379 e. The molecule has 0 aliphatic carbocycles. The van der Waals surface area contributed by atoms with Gasteiger partial charge in [0.05, 0.1) is 24.4 Å². The van der Waals surface area contributed by atoms with Crippen LogP contribution in [-0.2, 0) is 22.1 Å². The average Bonchev–Trinajstić information content (AvgIpc) is 2.89. The summed E-state index contributed by atoms with van der Waals surface area (Å²) in [5, 5.41) is 10.9. The van der Waals surface area contributed by atoms with Crippen LogP contribution in [0.5, 0.6) is 0 Å². The fraction of sp³-hybridized carbons (Fsp3) is 0.500. The van der Waals surface area contributed by atoms with E-state index in [9.17, 15) is 9.18 Å². The van der Waals surface area contributed by atoms with Gasteiger partial charge < -0.3 is 15.4 Å². The molecule has 7 heteroatoms. The minimum Gasteiger partial charge on any atom is -0.379 e. The maximum Gasteiger partial charge on any atom is 0.207 e. The van der Waals surface area contributed by atoms with E-state index in [0.29, 0.717) is 23.0 Å². The number of hydrogen-bond donors (Lipinski definition) is 2. The predicted molar refractivity (Wildman–Crippen MR) is 90.8 cm³/mol. The minimum absolute atomic E-state index is 0. The van der Waals surface area contributed by atoms with Gasteiger partial charge in [-0.05, 0) is 19.9 Å². The average molecular weight is 326 g/mol. The van der Waals surface area contributed by atoms with Crippen LogP contribution < -0.4 is 10.6 Å².